The van der Waals surface area contributed by atoms with E-state index in [4.69, 9.17) is 25.9 Å². The number of ketones is 3. The first-order valence-corrected chi connectivity index (χ1v) is 24.3. The van der Waals surface area contributed by atoms with Crippen LogP contribution in [0, 0.1) is 29.6 Å². The number of esters is 1. The summed E-state index contributed by atoms with van der Waals surface area (Å²) >= 11 is 0. The number of unbranched alkanes of at least 4 members (excludes halogenated alkanes) is 3. The zero-order valence-electron chi connectivity index (χ0n) is 41.6. The molecule has 9 atom stereocenters. The van der Waals surface area contributed by atoms with Crippen molar-refractivity contribution in [2.75, 3.05) is 27.9 Å². The van der Waals surface area contributed by atoms with Crippen LogP contribution >= 0.6 is 0 Å². The molecule has 15 nitrogen and oxygen atoms in total. The molecule has 0 radical (unpaired) electrons. The van der Waals surface area contributed by atoms with Crippen LogP contribution in [-0.2, 0) is 38.2 Å². The van der Waals surface area contributed by atoms with Crippen molar-refractivity contribution >= 4 is 35.6 Å². The number of amides is 1. The van der Waals surface area contributed by atoms with Crippen LogP contribution in [0.2, 0.25) is 0 Å². The lowest BCUT2D eigenvalue weighted by Gasteiger charge is -2.38. The second-order valence-corrected chi connectivity index (χ2v) is 19.1. The molecule has 374 valence electrons. The molecule has 6 N–H and O–H groups in total. The number of hydrazine groups is 1. The fourth-order valence-corrected chi connectivity index (χ4v) is 9.35. The van der Waals surface area contributed by atoms with Crippen molar-refractivity contribution in [1.82, 2.24) is 9.91 Å². The van der Waals surface area contributed by atoms with E-state index in [0.29, 0.717) is 57.3 Å². The molecule has 0 aromatic carbocycles. The van der Waals surface area contributed by atoms with Gasteiger partial charge in [0.25, 0.3) is 11.7 Å². The van der Waals surface area contributed by atoms with E-state index in [0.717, 1.165) is 68.3 Å². The molecule has 0 bridgehead atoms. The Hall–Kier alpha value is -4.02. The fraction of sp³-hybridized carbons (Fsp3) is 0.725. The Bertz CT molecular complexity index is 1690. The molecule has 2 aliphatic rings. The molecule has 2 rings (SSSR count). The zero-order chi connectivity index (χ0) is 49.4. The van der Waals surface area contributed by atoms with Crippen molar-refractivity contribution in [1.29, 1.82) is 0 Å². The van der Waals surface area contributed by atoms with E-state index in [2.05, 4.69) is 31.1 Å². The number of hydrogen-bond donors (Lipinski definition) is 4. The van der Waals surface area contributed by atoms with Gasteiger partial charge in [0.15, 0.2) is 5.78 Å². The molecule has 6 unspecified atom stereocenters. The van der Waals surface area contributed by atoms with Crippen molar-refractivity contribution in [2.45, 2.75) is 181 Å². The standard InChI is InChI=1S/C51H85N5O10/c1-35(21-13-11-15-23-40(6)51(62,63)48(59)49(60)55-29-19-18-25-43(55)50(61)66-9)20-12-10-14-22-36(2)30-39(5)47(58)46(65-8)32-37(3)31-38(4)44(57)26-17-16-24-41-27-28-42(45(33-41)64-7)56(53)34-54-52/h10,12,14,20,22,31,34,36,38-43,45-46,62-63H,11,13,15-19,21,23-30,32-33,52-53H2,1-9H3/b12-10+,22-14+,35-20+,37-31+,54-34-/t36-,38-,39?,40?,41?,42?,43+,45?,46?/m1/s1. The molecule has 0 aromatic rings. The number of carbonyl (C=O) groups is 5. The molecule has 1 aliphatic carbocycles. The molecular weight excluding hydrogens is 843 g/mol. The minimum absolute atomic E-state index is 0.0142. The van der Waals surface area contributed by atoms with Gasteiger partial charge in [0.2, 0.25) is 5.79 Å². The number of carbonyl (C=O) groups excluding carboxylic acids is 5. The number of nitrogens with two attached hydrogens (primary N) is 2. The van der Waals surface area contributed by atoms with E-state index >= 15 is 0 Å². The smallest absolute Gasteiger partial charge is 0.328 e. The highest BCUT2D eigenvalue weighted by atomic mass is 16.5. The number of likely N-dealkylation sites (tertiary alicyclic amines) is 1. The fourth-order valence-electron chi connectivity index (χ4n) is 9.35. The van der Waals surface area contributed by atoms with Gasteiger partial charge in [0.05, 0.1) is 19.3 Å². The molecule has 15 heteroatoms. The molecule has 2 fully saturated rings. The number of aliphatic hydroxyl groups is 2. The first kappa shape index (κ1) is 58.1. The summed E-state index contributed by atoms with van der Waals surface area (Å²) in [6.45, 7) is 11.7. The van der Waals surface area contributed by atoms with Crippen LogP contribution in [0.1, 0.15) is 151 Å². The third-order valence-corrected chi connectivity index (χ3v) is 13.6. The Kier molecular flexibility index (Phi) is 26.7. The lowest BCUT2D eigenvalue weighted by atomic mass is 9.80. The normalized spacial score (nSPS) is 22.3. The maximum absolute atomic E-state index is 13.4. The summed E-state index contributed by atoms with van der Waals surface area (Å²) in [5.41, 5.74) is 2.16. The van der Waals surface area contributed by atoms with Gasteiger partial charge in [-0.25, -0.2) is 10.6 Å². The van der Waals surface area contributed by atoms with Gasteiger partial charge in [-0.3, -0.25) is 24.2 Å². The maximum Gasteiger partial charge on any atom is 0.328 e. The van der Waals surface area contributed by atoms with Gasteiger partial charge in [-0.15, -0.1) is 0 Å². The van der Waals surface area contributed by atoms with E-state index in [1.54, 1.807) is 26.2 Å². The van der Waals surface area contributed by atoms with Crippen LogP contribution in [0.4, 0.5) is 0 Å². The zero-order valence-corrected chi connectivity index (χ0v) is 41.6. The predicted molar refractivity (Wildman–Crippen MR) is 258 cm³/mol. The highest BCUT2D eigenvalue weighted by Crippen LogP contribution is 2.32. The van der Waals surface area contributed by atoms with Crippen molar-refractivity contribution in [3.05, 3.63) is 47.6 Å². The van der Waals surface area contributed by atoms with Crippen LogP contribution in [0.3, 0.4) is 0 Å². The summed E-state index contributed by atoms with van der Waals surface area (Å²) in [6, 6.07) is -0.852. The maximum atomic E-state index is 13.4. The number of allylic oxidation sites excluding steroid dienone is 7. The third-order valence-electron chi connectivity index (χ3n) is 13.6. The monoisotopic (exact) mass is 928 g/mol. The predicted octanol–water partition coefficient (Wildman–Crippen LogP) is 7.05. The lowest BCUT2D eigenvalue weighted by molar-refractivity contribution is -0.205. The molecule has 1 amide bonds. The van der Waals surface area contributed by atoms with E-state index in [-0.39, 0.29) is 48.0 Å². The van der Waals surface area contributed by atoms with Gasteiger partial charge in [0, 0.05) is 51.4 Å². The number of hydrogen-bond acceptors (Lipinski definition) is 13. The number of piperidine rings is 1. The Morgan fingerprint density at radius 1 is 0.894 bits per heavy atom. The number of hydrazone groups is 1. The first-order valence-electron chi connectivity index (χ1n) is 24.3. The summed E-state index contributed by atoms with van der Waals surface area (Å²) in [4.78, 5) is 65.6. The molecule has 0 spiro atoms. The summed E-state index contributed by atoms with van der Waals surface area (Å²) in [6.07, 6.45) is 25.6. The average Bonchev–Trinajstić information content (AvgIpc) is 3.30. The Morgan fingerprint density at radius 3 is 2.27 bits per heavy atom. The molecule has 1 aliphatic heterocycles. The topological polar surface area (TPSA) is 224 Å². The average molecular weight is 928 g/mol. The third kappa shape index (κ3) is 19.3. The second-order valence-electron chi connectivity index (χ2n) is 19.1. The number of Topliss-reactive ketones (excluding diaryl/α,β-unsaturated/α-hetero) is 3. The Morgan fingerprint density at radius 2 is 1.61 bits per heavy atom. The minimum atomic E-state index is -2.82. The van der Waals surface area contributed by atoms with Crippen molar-refractivity contribution in [3.8, 4) is 0 Å². The number of rotatable bonds is 30. The van der Waals surface area contributed by atoms with Crippen LogP contribution in [0.25, 0.3) is 0 Å². The highest BCUT2D eigenvalue weighted by molar-refractivity contribution is 6.39. The molecular formula is C51H85N5O10. The Labute approximate surface area is 395 Å². The van der Waals surface area contributed by atoms with Gasteiger partial charge in [-0.2, -0.15) is 5.10 Å². The number of methoxy groups -OCH3 is 3. The SMILES string of the molecule is COC(=O)[C@@H]1CCCCN1C(=O)C(=O)C(O)(O)C(C)CCCCC/C(C)=C/C=C/C=C/[C@@H](C)CC(C)C(=O)C(C/C(C)=C/[C@@H](C)C(=O)CCCCC1CCC(N(N)/C=N\N)C(OC)C1)OC. The van der Waals surface area contributed by atoms with Crippen molar-refractivity contribution in [2.24, 2.45) is 46.4 Å². The quantitative estimate of drug-likeness (QED) is 0.00543. The molecule has 1 saturated carbocycles. The number of ether oxygens (including phenoxy) is 3. The molecule has 0 aromatic heterocycles. The second kappa shape index (κ2) is 30.4. The summed E-state index contributed by atoms with van der Waals surface area (Å²) in [5.74, 6) is 5.18. The lowest BCUT2D eigenvalue weighted by Crippen LogP contribution is -2.57. The van der Waals surface area contributed by atoms with Gasteiger partial charge in [-0.05, 0) is 96.3 Å². The van der Waals surface area contributed by atoms with Crippen molar-refractivity contribution in [3.63, 3.8) is 0 Å². The van der Waals surface area contributed by atoms with Crippen LogP contribution in [0.5, 0.6) is 0 Å². The molecule has 1 heterocycles. The van der Waals surface area contributed by atoms with E-state index in [1.165, 1.54) is 19.0 Å². The largest absolute Gasteiger partial charge is 0.467 e. The summed E-state index contributed by atoms with van der Waals surface area (Å²) < 4.78 is 16.2. The molecule has 66 heavy (non-hydrogen) atoms. The number of nitrogens with zero attached hydrogens (tertiary/aromatic N) is 3. The van der Waals surface area contributed by atoms with Crippen LogP contribution in [0.15, 0.2) is 52.7 Å². The van der Waals surface area contributed by atoms with Crippen molar-refractivity contribution < 1.29 is 48.4 Å². The van der Waals surface area contributed by atoms with Gasteiger partial charge in [-0.1, -0.05) is 101 Å². The van der Waals surface area contributed by atoms with E-state index in [1.807, 2.05) is 45.1 Å². The highest BCUT2D eigenvalue weighted by Gasteiger charge is 2.47. The Balaban J connectivity index is 1.71. The summed E-state index contributed by atoms with van der Waals surface area (Å²) in [7, 11) is 4.49. The van der Waals surface area contributed by atoms with Crippen LogP contribution < -0.4 is 11.7 Å². The van der Waals surface area contributed by atoms with Gasteiger partial charge in [0.1, 0.15) is 24.3 Å². The molecule has 1 saturated heterocycles. The van der Waals surface area contributed by atoms with Gasteiger partial charge < -0.3 is 35.2 Å². The minimum Gasteiger partial charge on any atom is -0.467 e. The van der Waals surface area contributed by atoms with Crippen LogP contribution in [-0.4, -0.2) is 114 Å². The van der Waals surface area contributed by atoms with E-state index in [9.17, 15) is 34.2 Å². The summed E-state index contributed by atoms with van der Waals surface area (Å²) in [5, 5.41) is 26.4. The first-order chi connectivity index (χ1) is 31.3. The van der Waals surface area contributed by atoms with E-state index < -0.39 is 41.5 Å². The van der Waals surface area contributed by atoms with Gasteiger partial charge >= 0.3 is 5.97 Å².